The molecule has 0 bridgehead atoms. The van der Waals surface area contributed by atoms with E-state index >= 15 is 0 Å². The molecule has 0 radical (unpaired) electrons. The van der Waals surface area contributed by atoms with Crippen molar-refractivity contribution < 1.29 is 0 Å². The molecule has 4 heteroatoms. The lowest BCUT2D eigenvalue weighted by Gasteiger charge is -2.30. The lowest BCUT2D eigenvalue weighted by Crippen LogP contribution is -2.16. The van der Waals surface area contributed by atoms with Crippen LogP contribution in [-0.2, 0) is 0 Å². The Morgan fingerprint density at radius 1 is 1.00 bits per heavy atom. The van der Waals surface area contributed by atoms with Gasteiger partial charge in [0, 0.05) is 35.7 Å². The normalized spacial score (nSPS) is 12.9. The molecule has 0 saturated heterocycles. The maximum absolute atomic E-state index is 6.52. The number of nitrogens with zero attached hydrogens (tertiary/aromatic N) is 2. The molecular weight excluding hydrogens is 264 g/mol. The third-order valence-corrected chi connectivity index (χ3v) is 4.42. The summed E-state index contributed by atoms with van der Waals surface area (Å²) < 4.78 is 1.76. The molecular formula is C14H13ClN2S. The van der Waals surface area contributed by atoms with Crippen LogP contribution >= 0.6 is 23.5 Å². The molecule has 1 aliphatic rings. The van der Waals surface area contributed by atoms with Gasteiger partial charge < -0.3 is 4.90 Å². The highest BCUT2D eigenvalue weighted by Crippen LogP contribution is 2.52. The summed E-state index contributed by atoms with van der Waals surface area (Å²) in [5.41, 5.74) is 3.24. The second kappa shape index (κ2) is 4.41. The molecule has 92 valence electrons. The zero-order valence-corrected chi connectivity index (χ0v) is 11.8. The van der Waals surface area contributed by atoms with Gasteiger partial charge in [-0.1, -0.05) is 30.0 Å². The number of hydrogen-bond donors (Lipinski definition) is 0. The SMILES string of the molecule is CN(C)c1cccc2c1N(Cl)c1ccccc1S2. The molecule has 1 aliphatic heterocycles. The quantitative estimate of drug-likeness (QED) is 0.708. The molecule has 1 heterocycles. The van der Waals surface area contributed by atoms with Crippen molar-refractivity contribution in [3.05, 3.63) is 42.5 Å². The molecule has 0 aliphatic carbocycles. The lowest BCUT2D eigenvalue weighted by atomic mass is 10.2. The van der Waals surface area contributed by atoms with Gasteiger partial charge in [-0.25, -0.2) is 4.42 Å². The first-order chi connectivity index (χ1) is 8.68. The average molecular weight is 277 g/mol. The zero-order valence-electron chi connectivity index (χ0n) is 10.2. The molecule has 3 rings (SSSR count). The maximum Gasteiger partial charge on any atom is 0.0954 e. The summed E-state index contributed by atoms with van der Waals surface area (Å²) in [7, 11) is 4.07. The van der Waals surface area contributed by atoms with Crippen LogP contribution in [0.25, 0.3) is 0 Å². The number of hydrogen-bond acceptors (Lipinski definition) is 3. The zero-order chi connectivity index (χ0) is 12.7. The van der Waals surface area contributed by atoms with E-state index in [2.05, 4.69) is 29.2 Å². The minimum Gasteiger partial charge on any atom is -0.376 e. The van der Waals surface area contributed by atoms with Crippen LogP contribution in [0.1, 0.15) is 0 Å². The van der Waals surface area contributed by atoms with Crippen LogP contribution in [0, 0.1) is 0 Å². The van der Waals surface area contributed by atoms with E-state index in [-0.39, 0.29) is 0 Å². The van der Waals surface area contributed by atoms with Crippen LogP contribution in [0.3, 0.4) is 0 Å². The highest BCUT2D eigenvalue weighted by atomic mass is 35.5. The predicted molar refractivity (Wildman–Crippen MR) is 79.3 cm³/mol. The third-order valence-electron chi connectivity index (χ3n) is 2.95. The third kappa shape index (κ3) is 1.74. The van der Waals surface area contributed by atoms with Crippen molar-refractivity contribution in [3.63, 3.8) is 0 Å². The molecule has 18 heavy (non-hydrogen) atoms. The minimum atomic E-state index is 1.05. The van der Waals surface area contributed by atoms with Crippen molar-refractivity contribution in [1.82, 2.24) is 0 Å². The van der Waals surface area contributed by atoms with E-state index in [0.29, 0.717) is 0 Å². The van der Waals surface area contributed by atoms with Crippen molar-refractivity contribution in [3.8, 4) is 0 Å². The topological polar surface area (TPSA) is 6.48 Å². The van der Waals surface area contributed by atoms with Crippen LogP contribution in [-0.4, -0.2) is 14.1 Å². The Bertz CT molecular complexity index is 598. The molecule has 0 fully saturated rings. The predicted octanol–water partition coefficient (Wildman–Crippen LogP) is 4.51. The first-order valence-corrected chi connectivity index (χ1v) is 6.87. The summed E-state index contributed by atoms with van der Waals surface area (Å²) in [4.78, 5) is 4.47. The molecule has 2 aromatic carbocycles. The van der Waals surface area contributed by atoms with Crippen molar-refractivity contribution in [1.29, 1.82) is 0 Å². The van der Waals surface area contributed by atoms with Gasteiger partial charge in [0.05, 0.1) is 17.1 Å². The molecule has 0 spiro atoms. The highest BCUT2D eigenvalue weighted by molar-refractivity contribution is 7.99. The monoisotopic (exact) mass is 276 g/mol. The van der Waals surface area contributed by atoms with Gasteiger partial charge in [0.2, 0.25) is 0 Å². The molecule has 0 saturated carbocycles. The molecule has 0 amide bonds. The largest absolute Gasteiger partial charge is 0.376 e. The Morgan fingerprint density at radius 2 is 1.72 bits per heavy atom. The fraction of sp³-hybridized carbons (Fsp3) is 0.143. The summed E-state index contributed by atoms with van der Waals surface area (Å²) >= 11 is 8.29. The summed E-state index contributed by atoms with van der Waals surface area (Å²) in [6.07, 6.45) is 0. The van der Waals surface area contributed by atoms with Crippen molar-refractivity contribution in [2.24, 2.45) is 0 Å². The van der Waals surface area contributed by atoms with Gasteiger partial charge in [0.1, 0.15) is 0 Å². The summed E-state index contributed by atoms with van der Waals surface area (Å²) in [6.45, 7) is 0. The van der Waals surface area contributed by atoms with E-state index in [0.717, 1.165) is 17.1 Å². The van der Waals surface area contributed by atoms with Crippen molar-refractivity contribution >= 4 is 40.6 Å². The van der Waals surface area contributed by atoms with Crippen LogP contribution < -0.4 is 9.32 Å². The molecule has 0 unspecified atom stereocenters. The first kappa shape index (κ1) is 11.8. The Morgan fingerprint density at radius 3 is 2.50 bits per heavy atom. The standard InChI is InChI=1S/C14H13ClN2S/c1-16(2)11-7-5-9-13-14(11)17(15)10-6-3-4-8-12(10)18-13/h3-9H,1-2H3. The van der Waals surface area contributed by atoms with Gasteiger partial charge >= 0.3 is 0 Å². The van der Waals surface area contributed by atoms with Gasteiger partial charge in [0.25, 0.3) is 0 Å². The molecule has 2 nitrogen and oxygen atoms in total. The lowest BCUT2D eigenvalue weighted by molar-refractivity contribution is 1.11. The van der Waals surface area contributed by atoms with Gasteiger partial charge in [-0.05, 0) is 24.3 Å². The van der Waals surface area contributed by atoms with E-state index in [1.165, 1.54) is 9.79 Å². The van der Waals surface area contributed by atoms with Crippen molar-refractivity contribution in [2.45, 2.75) is 9.79 Å². The Balaban J connectivity index is 2.20. The molecule has 0 aromatic heterocycles. The number of benzene rings is 2. The highest BCUT2D eigenvalue weighted by Gasteiger charge is 2.25. The van der Waals surface area contributed by atoms with Gasteiger partial charge in [-0.15, -0.1) is 0 Å². The Hall–Kier alpha value is -1.32. The van der Waals surface area contributed by atoms with Gasteiger partial charge in [-0.2, -0.15) is 0 Å². The van der Waals surface area contributed by atoms with E-state index in [1.54, 1.807) is 16.2 Å². The number of rotatable bonds is 1. The Kier molecular flexibility index (Phi) is 2.88. The van der Waals surface area contributed by atoms with E-state index in [1.807, 2.05) is 32.3 Å². The minimum absolute atomic E-state index is 1.05. The number of anilines is 3. The second-order valence-corrected chi connectivity index (χ2v) is 5.79. The van der Waals surface area contributed by atoms with E-state index in [4.69, 9.17) is 11.8 Å². The maximum atomic E-state index is 6.52. The molecule has 2 aromatic rings. The Labute approximate surface area is 116 Å². The second-order valence-electron chi connectivity index (χ2n) is 4.37. The van der Waals surface area contributed by atoms with Gasteiger partial charge in [0.15, 0.2) is 0 Å². The number of para-hydroxylation sites is 2. The number of halogens is 1. The van der Waals surface area contributed by atoms with Gasteiger partial charge in [-0.3, -0.25) is 0 Å². The van der Waals surface area contributed by atoms with E-state index in [9.17, 15) is 0 Å². The van der Waals surface area contributed by atoms with Crippen LogP contribution in [0.4, 0.5) is 17.1 Å². The summed E-state index contributed by atoms with van der Waals surface area (Å²) in [5.74, 6) is 0. The molecule has 0 atom stereocenters. The molecule has 0 N–H and O–H groups in total. The fourth-order valence-electron chi connectivity index (χ4n) is 2.10. The van der Waals surface area contributed by atoms with E-state index < -0.39 is 0 Å². The van der Waals surface area contributed by atoms with Crippen molar-refractivity contribution in [2.75, 3.05) is 23.4 Å². The first-order valence-electron chi connectivity index (χ1n) is 5.71. The summed E-state index contributed by atoms with van der Waals surface area (Å²) in [6, 6.07) is 14.5. The van der Waals surface area contributed by atoms with Crippen LogP contribution in [0.5, 0.6) is 0 Å². The summed E-state index contributed by atoms with van der Waals surface area (Å²) in [5, 5.41) is 0. The fourth-order valence-corrected chi connectivity index (χ4v) is 3.61. The number of fused-ring (bicyclic) bond motifs is 2. The van der Waals surface area contributed by atoms with Crippen LogP contribution in [0.15, 0.2) is 52.3 Å². The van der Waals surface area contributed by atoms with Crippen LogP contribution in [0.2, 0.25) is 0 Å². The average Bonchev–Trinajstić information content (AvgIpc) is 2.38. The smallest absolute Gasteiger partial charge is 0.0954 e.